The van der Waals surface area contributed by atoms with E-state index in [1.54, 1.807) is 11.0 Å². The van der Waals surface area contributed by atoms with Gasteiger partial charge in [0.25, 0.3) is 0 Å². The summed E-state index contributed by atoms with van der Waals surface area (Å²) in [5.74, 6) is 0.852. The van der Waals surface area contributed by atoms with E-state index in [4.69, 9.17) is 0 Å². The summed E-state index contributed by atoms with van der Waals surface area (Å²) in [5.41, 5.74) is 4.23. The highest BCUT2D eigenvalue weighted by Gasteiger charge is 2.13. The standard InChI is InChI=1S/C11H16N6/c1-16-11-9(7-14-16)10(12-8-13-11)15-17-5-3-2-4-6-17/h7-8H,2-6H2,1H3,(H,12,13,15). The highest BCUT2D eigenvalue weighted by Crippen LogP contribution is 2.19. The quantitative estimate of drug-likeness (QED) is 0.842. The summed E-state index contributed by atoms with van der Waals surface area (Å²) in [7, 11) is 1.89. The Bertz CT molecular complexity index is 514. The maximum Gasteiger partial charge on any atom is 0.163 e. The number of hydrogen-bond acceptors (Lipinski definition) is 5. The van der Waals surface area contributed by atoms with Gasteiger partial charge in [-0.15, -0.1) is 0 Å². The first-order chi connectivity index (χ1) is 8.34. The molecule has 1 saturated heterocycles. The molecule has 0 saturated carbocycles. The van der Waals surface area contributed by atoms with Crippen LogP contribution in [0, 0.1) is 0 Å². The lowest BCUT2D eigenvalue weighted by atomic mass is 10.2. The van der Waals surface area contributed by atoms with Crippen LogP contribution in [-0.4, -0.2) is 37.8 Å². The van der Waals surface area contributed by atoms with E-state index < -0.39 is 0 Å². The van der Waals surface area contributed by atoms with Crippen molar-refractivity contribution in [3.05, 3.63) is 12.5 Å². The van der Waals surface area contributed by atoms with Gasteiger partial charge in [-0.25, -0.2) is 15.0 Å². The van der Waals surface area contributed by atoms with Crippen LogP contribution in [0.15, 0.2) is 12.5 Å². The Morgan fingerprint density at radius 2 is 2.00 bits per heavy atom. The van der Waals surface area contributed by atoms with Crippen molar-refractivity contribution in [1.29, 1.82) is 0 Å². The van der Waals surface area contributed by atoms with Gasteiger partial charge in [0.15, 0.2) is 11.5 Å². The Morgan fingerprint density at radius 1 is 1.18 bits per heavy atom. The van der Waals surface area contributed by atoms with Gasteiger partial charge in [0.05, 0.1) is 11.6 Å². The first kappa shape index (κ1) is 10.5. The second kappa shape index (κ2) is 4.29. The average molecular weight is 232 g/mol. The molecule has 1 aliphatic heterocycles. The molecule has 6 nitrogen and oxygen atoms in total. The predicted molar refractivity (Wildman–Crippen MR) is 65.4 cm³/mol. The van der Waals surface area contributed by atoms with Crippen LogP contribution in [0.4, 0.5) is 5.82 Å². The van der Waals surface area contributed by atoms with Crippen molar-refractivity contribution in [2.45, 2.75) is 19.3 Å². The molecule has 17 heavy (non-hydrogen) atoms. The van der Waals surface area contributed by atoms with Gasteiger partial charge in [0, 0.05) is 20.1 Å². The van der Waals surface area contributed by atoms with Gasteiger partial charge in [0.1, 0.15) is 6.33 Å². The van der Waals surface area contributed by atoms with Gasteiger partial charge in [-0.05, 0) is 12.8 Å². The van der Waals surface area contributed by atoms with Crippen LogP contribution < -0.4 is 5.43 Å². The molecular formula is C11H16N6. The smallest absolute Gasteiger partial charge is 0.163 e. The summed E-state index contributed by atoms with van der Waals surface area (Å²) in [4.78, 5) is 8.52. The molecule has 0 aliphatic carbocycles. The van der Waals surface area contributed by atoms with Crippen LogP contribution in [0.5, 0.6) is 0 Å². The molecule has 6 heteroatoms. The van der Waals surface area contributed by atoms with E-state index in [9.17, 15) is 0 Å². The molecular weight excluding hydrogens is 216 g/mol. The summed E-state index contributed by atoms with van der Waals surface area (Å²) < 4.78 is 1.76. The predicted octanol–water partition coefficient (Wildman–Crippen LogP) is 1.18. The van der Waals surface area contributed by atoms with Crippen LogP contribution in [0.25, 0.3) is 11.0 Å². The highest BCUT2D eigenvalue weighted by molar-refractivity contribution is 5.85. The summed E-state index contributed by atoms with van der Waals surface area (Å²) in [5, 5.41) is 7.40. The molecule has 2 aromatic rings. The molecule has 0 unspecified atom stereocenters. The molecule has 0 spiro atoms. The van der Waals surface area contributed by atoms with Gasteiger partial charge in [0.2, 0.25) is 0 Å². The summed E-state index contributed by atoms with van der Waals surface area (Å²) >= 11 is 0. The minimum absolute atomic E-state index is 0.852. The second-order valence-corrected chi connectivity index (χ2v) is 4.39. The van der Waals surface area contributed by atoms with Crippen molar-refractivity contribution in [1.82, 2.24) is 24.8 Å². The third-order valence-corrected chi connectivity index (χ3v) is 3.15. The first-order valence-electron chi connectivity index (χ1n) is 5.99. The van der Waals surface area contributed by atoms with Gasteiger partial charge in [-0.1, -0.05) is 6.42 Å². The van der Waals surface area contributed by atoms with Gasteiger partial charge in [-0.3, -0.25) is 4.68 Å². The van der Waals surface area contributed by atoms with Crippen molar-refractivity contribution in [3.63, 3.8) is 0 Å². The summed E-state index contributed by atoms with van der Waals surface area (Å²) in [6.07, 6.45) is 7.20. The minimum atomic E-state index is 0.852. The molecule has 90 valence electrons. The number of nitrogens with zero attached hydrogens (tertiary/aromatic N) is 5. The number of hydrazine groups is 1. The Balaban J connectivity index is 1.89. The molecule has 1 fully saturated rings. The highest BCUT2D eigenvalue weighted by atomic mass is 15.5. The molecule has 3 rings (SSSR count). The van der Waals surface area contributed by atoms with Crippen molar-refractivity contribution < 1.29 is 0 Å². The van der Waals surface area contributed by atoms with E-state index >= 15 is 0 Å². The Hall–Kier alpha value is -1.69. The van der Waals surface area contributed by atoms with E-state index in [0.717, 1.165) is 29.9 Å². The Labute approximate surface area is 99.6 Å². The summed E-state index contributed by atoms with van der Waals surface area (Å²) in [6, 6.07) is 0. The number of aromatic nitrogens is 4. The molecule has 0 amide bonds. The van der Waals surface area contributed by atoms with Crippen molar-refractivity contribution >= 4 is 16.9 Å². The number of nitrogens with one attached hydrogen (secondary N) is 1. The van der Waals surface area contributed by atoms with E-state index in [1.165, 1.54) is 19.3 Å². The third kappa shape index (κ3) is 1.95. The molecule has 0 aromatic carbocycles. The zero-order chi connectivity index (χ0) is 11.7. The molecule has 1 aliphatic rings. The fourth-order valence-corrected chi connectivity index (χ4v) is 2.21. The Morgan fingerprint density at radius 3 is 2.82 bits per heavy atom. The van der Waals surface area contributed by atoms with Crippen LogP contribution in [0.1, 0.15) is 19.3 Å². The lowest BCUT2D eigenvalue weighted by Crippen LogP contribution is -2.35. The number of fused-ring (bicyclic) bond motifs is 1. The monoisotopic (exact) mass is 232 g/mol. The normalized spacial score (nSPS) is 17.5. The first-order valence-corrected chi connectivity index (χ1v) is 5.99. The fourth-order valence-electron chi connectivity index (χ4n) is 2.21. The molecule has 0 radical (unpaired) electrons. The lowest BCUT2D eigenvalue weighted by Gasteiger charge is -2.27. The van der Waals surface area contributed by atoms with Gasteiger partial charge in [-0.2, -0.15) is 5.10 Å². The number of hydrogen-bond donors (Lipinski definition) is 1. The number of rotatable bonds is 2. The molecule has 0 bridgehead atoms. The molecule has 3 heterocycles. The summed E-state index contributed by atoms with van der Waals surface area (Å²) in [6.45, 7) is 2.15. The number of anilines is 1. The SMILES string of the molecule is Cn1ncc2c(NN3CCCCC3)ncnc21. The van der Waals surface area contributed by atoms with Crippen LogP contribution in [0.2, 0.25) is 0 Å². The zero-order valence-corrected chi connectivity index (χ0v) is 9.93. The average Bonchev–Trinajstić information content (AvgIpc) is 2.74. The third-order valence-electron chi connectivity index (χ3n) is 3.15. The van der Waals surface area contributed by atoms with Crippen molar-refractivity contribution in [2.24, 2.45) is 7.05 Å². The molecule has 2 aromatic heterocycles. The number of aryl methyl sites for hydroxylation is 1. The van der Waals surface area contributed by atoms with E-state index in [0.29, 0.717) is 0 Å². The van der Waals surface area contributed by atoms with E-state index in [-0.39, 0.29) is 0 Å². The lowest BCUT2D eigenvalue weighted by molar-refractivity contribution is 0.272. The van der Waals surface area contributed by atoms with Crippen LogP contribution in [-0.2, 0) is 7.05 Å². The zero-order valence-electron chi connectivity index (χ0n) is 9.93. The minimum Gasteiger partial charge on any atom is -0.302 e. The second-order valence-electron chi connectivity index (χ2n) is 4.39. The van der Waals surface area contributed by atoms with E-state index in [1.807, 2.05) is 13.2 Å². The largest absolute Gasteiger partial charge is 0.302 e. The van der Waals surface area contributed by atoms with Crippen LogP contribution in [0.3, 0.4) is 0 Å². The van der Waals surface area contributed by atoms with Gasteiger partial charge >= 0.3 is 0 Å². The topological polar surface area (TPSA) is 58.9 Å². The van der Waals surface area contributed by atoms with Crippen LogP contribution >= 0.6 is 0 Å². The number of piperidine rings is 1. The molecule has 0 atom stereocenters. The fraction of sp³-hybridized carbons (Fsp3) is 0.545. The van der Waals surface area contributed by atoms with Crippen molar-refractivity contribution in [2.75, 3.05) is 18.5 Å². The Kier molecular flexibility index (Phi) is 2.64. The maximum atomic E-state index is 4.30. The van der Waals surface area contributed by atoms with Crippen molar-refractivity contribution in [3.8, 4) is 0 Å². The maximum absolute atomic E-state index is 4.30. The van der Waals surface area contributed by atoms with E-state index in [2.05, 4.69) is 25.5 Å². The molecule has 1 N–H and O–H groups in total. The van der Waals surface area contributed by atoms with Gasteiger partial charge < -0.3 is 5.43 Å².